The van der Waals surface area contributed by atoms with Gasteiger partial charge in [-0.3, -0.25) is 0 Å². The molecule has 0 bridgehead atoms. The van der Waals surface area contributed by atoms with Crippen LogP contribution in [0.2, 0.25) is 0 Å². The molecule has 22 heavy (non-hydrogen) atoms. The Morgan fingerprint density at radius 3 is 2.36 bits per heavy atom. The zero-order valence-corrected chi connectivity index (χ0v) is 12.2. The van der Waals surface area contributed by atoms with Gasteiger partial charge >= 0.3 is 0 Å². The van der Waals surface area contributed by atoms with E-state index in [0.29, 0.717) is 5.88 Å². The van der Waals surface area contributed by atoms with Crippen molar-refractivity contribution in [3.05, 3.63) is 66.7 Å². The minimum atomic E-state index is 0.606. The number of aromatic nitrogens is 2. The first kappa shape index (κ1) is 12.8. The van der Waals surface area contributed by atoms with Crippen molar-refractivity contribution in [1.82, 2.24) is 9.97 Å². The Kier molecular flexibility index (Phi) is 2.97. The lowest BCUT2D eigenvalue weighted by molar-refractivity contribution is 0.404. The normalized spacial score (nSPS) is 11.0. The highest BCUT2D eigenvalue weighted by Crippen LogP contribution is 2.30. The molecule has 0 aliphatic heterocycles. The first-order valence-electron chi connectivity index (χ1n) is 7.15. The zero-order valence-electron chi connectivity index (χ0n) is 12.2. The van der Waals surface area contributed by atoms with E-state index in [2.05, 4.69) is 11.1 Å². The number of para-hydroxylation sites is 1. The highest BCUT2D eigenvalue weighted by Gasteiger charge is 2.10. The summed E-state index contributed by atoms with van der Waals surface area (Å²) in [5.41, 5.74) is 3.79. The third kappa shape index (κ3) is 2.07. The monoisotopic (exact) mass is 286 g/mol. The molecule has 0 aliphatic rings. The largest absolute Gasteiger partial charge is 0.480 e. The SMILES string of the molecule is COc1nc(-c2ccccc2)cc2nc3ccccc3cc12. The van der Waals surface area contributed by atoms with E-state index in [1.54, 1.807) is 7.11 Å². The van der Waals surface area contributed by atoms with Crippen molar-refractivity contribution in [3.63, 3.8) is 0 Å². The average molecular weight is 286 g/mol. The summed E-state index contributed by atoms with van der Waals surface area (Å²) in [6.07, 6.45) is 0. The van der Waals surface area contributed by atoms with Crippen molar-refractivity contribution < 1.29 is 4.74 Å². The summed E-state index contributed by atoms with van der Waals surface area (Å²) in [4.78, 5) is 9.39. The van der Waals surface area contributed by atoms with Gasteiger partial charge in [-0.1, -0.05) is 48.5 Å². The molecule has 2 heterocycles. The summed E-state index contributed by atoms with van der Waals surface area (Å²) in [5, 5.41) is 2.02. The third-order valence-electron chi connectivity index (χ3n) is 3.74. The van der Waals surface area contributed by atoms with Crippen LogP contribution >= 0.6 is 0 Å². The molecule has 0 radical (unpaired) electrons. The molecule has 4 aromatic rings. The van der Waals surface area contributed by atoms with E-state index in [1.807, 2.05) is 60.7 Å². The molecule has 0 spiro atoms. The summed E-state index contributed by atoms with van der Waals surface area (Å²) in [6.45, 7) is 0. The van der Waals surface area contributed by atoms with Crippen molar-refractivity contribution in [2.45, 2.75) is 0 Å². The smallest absolute Gasteiger partial charge is 0.223 e. The van der Waals surface area contributed by atoms with E-state index in [9.17, 15) is 0 Å². The quantitative estimate of drug-likeness (QED) is 0.510. The fourth-order valence-electron chi connectivity index (χ4n) is 2.66. The Hall–Kier alpha value is -2.94. The first-order chi connectivity index (χ1) is 10.8. The zero-order chi connectivity index (χ0) is 14.9. The maximum atomic E-state index is 5.49. The van der Waals surface area contributed by atoms with Crippen molar-refractivity contribution in [2.75, 3.05) is 7.11 Å². The number of hydrogen-bond donors (Lipinski definition) is 0. The van der Waals surface area contributed by atoms with E-state index in [0.717, 1.165) is 33.1 Å². The number of benzene rings is 2. The summed E-state index contributed by atoms with van der Waals surface area (Å²) in [6, 6.07) is 22.2. The van der Waals surface area contributed by atoms with Gasteiger partial charge in [0.25, 0.3) is 0 Å². The molecule has 0 unspecified atom stereocenters. The lowest BCUT2D eigenvalue weighted by atomic mass is 10.1. The molecule has 4 rings (SSSR count). The van der Waals surface area contributed by atoms with Gasteiger partial charge in [0.15, 0.2) is 0 Å². The highest BCUT2D eigenvalue weighted by molar-refractivity contribution is 5.96. The summed E-state index contributed by atoms with van der Waals surface area (Å²) in [7, 11) is 1.64. The standard InChI is InChI=1S/C19H14N2O/c1-22-19-15-11-14-9-5-6-10-16(14)20-18(15)12-17(21-19)13-7-3-2-4-8-13/h2-12H,1H3. The molecule has 0 saturated carbocycles. The second-order valence-corrected chi connectivity index (χ2v) is 5.13. The van der Waals surface area contributed by atoms with E-state index < -0.39 is 0 Å². The Balaban J connectivity index is 2.04. The fraction of sp³-hybridized carbons (Fsp3) is 0.0526. The van der Waals surface area contributed by atoms with Crippen LogP contribution in [0.4, 0.5) is 0 Å². The molecule has 0 atom stereocenters. The molecule has 106 valence electrons. The molecule has 0 N–H and O–H groups in total. The van der Waals surface area contributed by atoms with Gasteiger partial charge in [-0.05, 0) is 18.2 Å². The molecular formula is C19H14N2O. The van der Waals surface area contributed by atoms with Crippen molar-refractivity contribution >= 4 is 21.8 Å². The van der Waals surface area contributed by atoms with Gasteiger partial charge in [-0.2, -0.15) is 0 Å². The minimum Gasteiger partial charge on any atom is -0.480 e. The van der Waals surface area contributed by atoms with Crippen molar-refractivity contribution in [3.8, 4) is 17.1 Å². The van der Waals surface area contributed by atoms with E-state index in [-0.39, 0.29) is 0 Å². The number of nitrogens with zero attached hydrogens (tertiary/aromatic N) is 2. The van der Waals surface area contributed by atoms with Crippen LogP contribution in [-0.4, -0.2) is 17.1 Å². The summed E-state index contributed by atoms with van der Waals surface area (Å²) in [5.74, 6) is 0.606. The maximum absolute atomic E-state index is 5.49. The Morgan fingerprint density at radius 2 is 1.55 bits per heavy atom. The number of hydrogen-bond acceptors (Lipinski definition) is 3. The number of methoxy groups -OCH3 is 1. The Bertz CT molecular complexity index is 965. The van der Waals surface area contributed by atoms with Crippen LogP contribution in [0.5, 0.6) is 5.88 Å². The van der Waals surface area contributed by atoms with Crippen LogP contribution in [0.25, 0.3) is 33.1 Å². The predicted molar refractivity (Wildman–Crippen MR) is 89.0 cm³/mol. The molecule has 0 amide bonds. The van der Waals surface area contributed by atoms with Crippen LogP contribution in [0.3, 0.4) is 0 Å². The number of ether oxygens (including phenoxy) is 1. The minimum absolute atomic E-state index is 0.606. The summed E-state index contributed by atoms with van der Waals surface area (Å²) < 4.78 is 5.49. The maximum Gasteiger partial charge on any atom is 0.223 e. The fourth-order valence-corrected chi connectivity index (χ4v) is 2.66. The molecule has 2 aromatic carbocycles. The van der Waals surface area contributed by atoms with Gasteiger partial charge in [-0.25, -0.2) is 9.97 Å². The van der Waals surface area contributed by atoms with Crippen LogP contribution in [0.15, 0.2) is 66.7 Å². The molecule has 3 heteroatoms. The van der Waals surface area contributed by atoms with Crippen molar-refractivity contribution in [2.24, 2.45) is 0 Å². The van der Waals surface area contributed by atoms with E-state index in [1.165, 1.54) is 0 Å². The molecule has 0 aliphatic carbocycles. The second-order valence-electron chi connectivity index (χ2n) is 5.13. The number of rotatable bonds is 2. The Labute approximate surface area is 128 Å². The van der Waals surface area contributed by atoms with Crippen molar-refractivity contribution in [1.29, 1.82) is 0 Å². The van der Waals surface area contributed by atoms with Crippen LogP contribution in [-0.2, 0) is 0 Å². The number of pyridine rings is 2. The summed E-state index contributed by atoms with van der Waals surface area (Å²) >= 11 is 0. The lowest BCUT2D eigenvalue weighted by Crippen LogP contribution is -1.94. The van der Waals surface area contributed by atoms with Crippen LogP contribution in [0, 0.1) is 0 Å². The molecule has 2 aromatic heterocycles. The van der Waals surface area contributed by atoms with Crippen LogP contribution < -0.4 is 4.74 Å². The molecule has 0 fully saturated rings. The van der Waals surface area contributed by atoms with Gasteiger partial charge in [0.05, 0.1) is 29.2 Å². The molecule has 3 nitrogen and oxygen atoms in total. The highest BCUT2D eigenvalue weighted by atomic mass is 16.5. The van der Waals surface area contributed by atoms with Gasteiger partial charge < -0.3 is 4.74 Å². The van der Waals surface area contributed by atoms with Gasteiger partial charge in [0.2, 0.25) is 5.88 Å². The topological polar surface area (TPSA) is 35.0 Å². The predicted octanol–water partition coefficient (Wildman–Crippen LogP) is 4.46. The van der Waals surface area contributed by atoms with Gasteiger partial charge in [-0.15, -0.1) is 0 Å². The lowest BCUT2D eigenvalue weighted by Gasteiger charge is -2.09. The van der Waals surface area contributed by atoms with Crippen LogP contribution in [0.1, 0.15) is 0 Å². The van der Waals surface area contributed by atoms with Gasteiger partial charge in [0, 0.05) is 10.9 Å². The average Bonchev–Trinajstić information content (AvgIpc) is 2.59. The first-order valence-corrected chi connectivity index (χ1v) is 7.15. The third-order valence-corrected chi connectivity index (χ3v) is 3.74. The van der Waals surface area contributed by atoms with E-state index >= 15 is 0 Å². The number of fused-ring (bicyclic) bond motifs is 2. The Morgan fingerprint density at radius 1 is 0.773 bits per heavy atom. The second kappa shape index (κ2) is 5.11. The van der Waals surface area contributed by atoms with Gasteiger partial charge in [0.1, 0.15) is 0 Å². The molecule has 0 saturated heterocycles. The molecular weight excluding hydrogens is 272 g/mol. The van der Waals surface area contributed by atoms with E-state index in [4.69, 9.17) is 9.72 Å².